The number of piperazine rings is 1. The fourth-order valence-electron chi connectivity index (χ4n) is 3.20. The minimum atomic E-state index is -0.589. The second-order valence-electron chi connectivity index (χ2n) is 6.53. The predicted molar refractivity (Wildman–Crippen MR) is 89.1 cm³/mol. The fourth-order valence-corrected chi connectivity index (χ4v) is 3.20. The molecule has 6 heteroatoms. The number of aryl methyl sites for hydroxylation is 2. The average molecular weight is 333 g/mol. The lowest BCUT2D eigenvalue weighted by Crippen LogP contribution is -2.47. The van der Waals surface area contributed by atoms with Gasteiger partial charge in [-0.25, -0.2) is 4.39 Å². The largest absolute Gasteiger partial charge is 0.387 e. The van der Waals surface area contributed by atoms with E-state index in [1.54, 1.807) is 6.07 Å². The van der Waals surface area contributed by atoms with Gasteiger partial charge in [0.05, 0.1) is 18.3 Å². The van der Waals surface area contributed by atoms with Crippen LogP contribution in [0.2, 0.25) is 0 Å². The Morgan fingerprint density at radius 3 is 2.50 bits per heavy atom. The topological polar surface area (TPSA) is 52.7 Å². The molecule has 0 spiro atoms. The summed E-state index contributed by atoms with van der Waals surface area (Å²) >= 11 is 0. The summed E-state index contributed by atoms with van der Waals surface area (Å²) in [7, 11) is 0. The molecule has 1 unspecified atom stereocenters. The van der Waals surface area contributed by atoms with Crippen LogP contribution >= 0.6 is 0 Å². The van der Waals surface area contributed by atoms with Crippen LogP contribution in [0.4, 0.5) is 4.39 Å². The molecule has 3 rings (SSSR count). The predicted octanol–water partition coefficient (Wildman–Crippen LogP) is 2.28. The van der Waals surface area contributed by atoms with Gasteiger partial charge in [-0.1, -0.05) is 11.2 Å². The third-order valence-corrected chi connectivity index (χ3v) is 4.54. The van der Waals surface area contributed by atoms with Crippen molar-refractivity contribution in [2.45, 2.75) is 26.5 Å². The summed E-state index contributed by atoms with van der Waals surface area (Å²) < 4.78 is 18.4. The molecule has 1 atom stereocenters. The summed E-state index contributed by atoms with van der Waals surface area (Å²) in [6, 6.07) is 6.52. The summed E-state index contributed by atoms with van der Waals surface area (Å²) in [5.74, 6) is 0.627. The highest BCUT2D eigenvalue weighted by Crippen LogP contribution is 2.20. The summed E-state index contributed by atoms with van der Waals surface area (Å²) in [6.45, 7) is 8.73. The number of aliphatic hydroxyl groups is 1. The highest BCUT2D eigenvalue weighted by molar-refractivity contribution is 5.28. The van der Waals surface area contributed by atoms with Gasteiger partial charge in [-0.2, -0.15) is 0 Å². The molecule has 1 saturated heterocycles. The van der Waals surface area contributed by atoms with Gasteiger partial charge in [0.25, 0.3) is 0 Å². The molecule has 0 aliphatic carbocycles. The van der Waals surface area contributed by atoms with Crippen LogP contribution in [0.15, 0.2) is 28.8 Å². The maximum Gasteiger partial charge on any atom is 0.150 e. The third-order valence-electron chi connectivity index (χ3n) is 4.54. The first kappa shape index (κ1) is 17.1. The zero-order valence-electron chi connectivity index (χ0n) is 14.2. The molecular formula is C18H24FN3O2. The van der Waals surface area contributed by atoms with Crippen LogP contribution in [0.5, 0.6) is 0 Å². The van der Waals surface area contributed by atoms with Crippen LogP contribution in [-0.2, 0) is 6.54 Å². The quantitative estimate of drug-likeness (QED) is 0.910. The van der Waals surface area contributed by atoms with Crippen LogP contribution in [-0.4, -0.2) is 52.8 Å². The Labute approximate surface area is 141 Å². The van der Waals surface area contributed by atoms with Crippen molar-refractivity contribution in [2.75, 3.05) is 32.7 Å². The van der Waals surface area contributed by atoms with Gasteiger partial charge < -0.3 is 9.63 Å². The maximum absolute atomic E-state index is 13.2. The Bertz CT molecular complexity index is 681. The first-order chi connectivity index (χ1) is 11.5. The summed E-state index contributed by atoms with van der Waals surface area (Å²) in [5, 5.41) is 14.4. The molecular weight excluding hydrogens is 309 g/mol. The van der Waals surface area contributed by atoms with Crippen LogP contribution in [0.25, 0.3) is 0 Å². The van der Waals surface area contributed by atoms with E-state index in [0.717, 1.165) is 55.3 Å². The molecule has 1 aromatic heterocycles. The van der Waals surface area contributed by atoms with Crippen LogP contribution < -0.4 is 0 Å². The second-order valence-corrected chi connectivity index (χ2v) is 6.53. The SMILES string of the molecule is Cc1cc(CN2CCN(CC(O)c3ccc(F)cc3C)CC2)on1. The van der Waals surface area contributed by atoms with E-state index in [9.17, 15) is 9.50 Å². The number of aliphatic hydroxyl groups excluding tert-OH is 1. The smallest absolute Gasteiger partial charge is 0.150 e. The average Bonchev–Trinajstić information content (AvgIpc) is 2.94. The molecule has 1 fully saturated rings. The highest BCUT2D eigenvalue weighted by Gasteiger charge is 2.21. The standard InChI is InChI=1S/C18H24FN3O2/c1-13-9-15(19)3-4-17(13)18(23)12-22-7-5-21(6-8-22)11-16-10-14(2)20-24-16/h3-4,9-10,18,23H,5-8,11-12H2,1-2H3. The van der Waals surface area contributed by atoms with Crippen molar-refractivity contribution in [1.29, 1.82) is 0 Å². The Hall–Kier alpha value is -1.76. The molecule has 1 aromatic carbocycles. The molecule has 2 heterocycles. The summed E-state index contributed by atoms with van der Waals surface area (Å²) in [5.41, 5.74) is 2.50. The number of rotatable bonds is 5. The van der Waals surface area contributed by atoms with E-state index < -0.39 is 6.10 Å². The number of aromatic nitrogens is 1. The molecule has 0 saturated carbocycles. The number of hydrogen-bond acceptors (Lipinski definition) is 5. The van der Waals surface area contributed by atoms with Gasteiger partial charge in [-0.3, -0.25) is 9.80 Å². The van der Waals surface area contributed by atoms with Crippen molar-refractivity contribution in [3.8, 4) is 0 Å². The molecule has 24 heavy (non-hydrogen) atoms. The van der Waals surface area contributed by atoms with Gasteiger partial charge in [0.2, 0.25) is 0 Å². The van der Waals surface area contributed by atoms with Gasteiger partial charge in [0, 0.05) is 38.8 Å². The van der Waals surface area contributed by atoms with Crippen LogP contribution in [0.1, 0.15) is 28.7 Å². The number of halogens is 1. The van der Waals surface area contributed by atoms with Gasteiger partial charge in [-0.05, 0) is 37.1 Å². The van der Waals surface area contributed by atoms with Gasteiger partial charge >= 0.3 is 0 Å². The number of β-amino-alcohol motifs (C(OH)–C–C–N with tert-alkyl or cyclic N) is 1. The molecule has 0 amide bonds. The van der Waals surface area contributed by atoms with Crippen molar-refractivity contribution in [1.82, 2.24) is 15.0 Å². The van der Waals surface area contributed by atoms with Crippen LogP contribution in [0.3, 0.4) is 0 Å². The zero-order valence-corrected chi connectivity index (χ0v) is 14.2. The molecule has 1 aliphatic rings. The monoisotopic (exact) mass is 333 g/mol. The van der Waals surface area contributed by atoms with E-state index in [4.69, 9.17) is 4.52 Å². The number of nitrogens with zero attached hydrogens (tertiary/aromatic N) is 3. The lowest BCUT2D eigenvalue weighted by molar-refractivity contribution is 0.0667. The number of hydrogen-bond donors (Lipinski definition) is 1. The molecule has 1 aliphatic heterocycles. The van der Waals surface area contributed by atoms with Crippen molar-refractivity contribution in [2.24, 2.45) is 0 Å². The summed E-state index contributed by atoms with van der Waals surface area (Å²) in [6.07, 6.45) is -0.589. The summed E-state index contributed by atoms with van der Waals surface area (Å²) in [4.78, 5) is 4.57. The van der Waals surface area contributed by atoms with Crippen molar-refractivity contribution in [3.63, 3.8) is 0 Å². The third kappa shape index (κ3) is 4.20. The van der Waals surface area contributed by atoms with E-state index in [0.29, 0.717) is 6.54 Å². The molecule has 5 nitrogen and oxygen atoms in total. The molecule has 0 bridgehead atoms. The van der Waals surface area contributed by atoms with E-state index in [2.05, 4.69) is 15.0 Å². The van der Waals surface area contributed by atoms with Gasteiger partial charge in [0.1, 0.15) is 5.82 Å². The highest BCUT2D eigenvalue weighted by atomic mass is 19.1. The van der Waals surface area contributed by atoms with Gasteiger partial charge in [0.15, 0.2) is 5.76 Å². The fraction of sp³-hybridized carbons (Fsp3) is 0.500. The van der Waals surface area contributed by atoms with E-state index in [1.807, 2.05) is 19.9 Å². The maximum atomic E-state index is 13.2. The first-order valence-electron chi connectivity index (χ1n) is 8.32. The molecule has 1 N–H and O–H groups in total. The van der Waals surface area contributed by atoms with E-state index in [-0.39, 0.29) is 5.82 Å². The Morgan fingerprint density at radius 2 is 1.88 bits per heavy atom. The molecule has 130 valence electrons. The Balaban J connectivity index is 1.49. The lowest BCUT2D eigenvalue weighted by atomic mass is 10.0. The normalized spacial score (nSPS) is 18.0. The van der Waals surface area contributed by atoms with Crippen molar-refractivity contribution >= 4 is 0 Å². The first-order valence-corrected chi connectivity index (χ1v) is 8.32. The second kappa shape index (κ2) is 7.42. The minimum Gasteiger partial charge on any atom is -0.387 e. The zero-order chi connectivity index (χ0) is 17.1. The van der Waals surface area contributed by atoms with Crippen molar-refractivity contribution in [3.05, 3.63) is 52.7 Å². The molecule has 2 aromatic rings. The Kier molecular flexibility index (Phi) is 5.28. The van der Waals surface area contributed by atoms with Crippen LogP contribution in [0, 0.1) is 19.7 Å². The lowest BCUT2D eigenvalue weighted by Gasteiger charge is -2.35. The van der Waals surface area contributed by atoms with E-state index in [1.165, 1.54) is 12.1 Å². The number of benzene rings is 1. The molecule has 0 radical (unpaired) electrons. The van der Waals surface area contributed by atoms with Crippen molar-refractivity contribution < 1.29 is 14.0 Å². The van der Waals surface area contributed by atoms with Gasteiger partial charge in [-0.15, -0.1) is 0 Å². The Morgan fingerprint density at radius 1 is 1.17 bits per heavy atom. The van der Waals surface area contributed by atoms with E-state index >= 15 is 0 Å². The minimum absolute atomic E-state index is 0.264.